The van der Waals surface area contributed by atoms with Crippen molar-refractivity contribution in [1.29, 1.82) is 0 Å². The highest BCUT2D eigenvalue weighted by Crippen LogP contribution is 2.33. The largest absolute Gasteiger partial charge is 0.466 e. The van der Waals surface area contributed by atoms with Crippen molar-refractivity contribution >= 4 is 5.97 Å². The summed E-state index contributed by atoms with van der Waals surface area (Å²) in [5, 5.41) is 0. The summed E-state index contributed by atoms with van der Waals surface area (Å²) in [6.45, 7) is 1.53. The number of esters is 1. The average molecular weight is 232 g/mol. The lowest BCUT2D eigenvalue weighted by molar-refractivity contribution is -0.151. The van der Waals surface area contributed by atoms with Gasteiger partial charge in [-0.2, -0.15) is 0 Å². The average Bonchev–Trinajstić information content (AvgIpc) is 2.17. The van der Waals surface area contributed by atoms with E-state index >= 15 is 0 Å². The maximum atomic E-state index is 13.4. The fraction of sp³-hybridized carbons (Fsp3) is 0.364. The van der Waals surface area contributed by atoms with Crippen molar-refractivity contribution in [1.82, 2.24) is 0 Å². The standard InChI is InChI=1S/C11H11F3O2/c1-2-16-10(15)7-11(13,14)8-5-3-4-6-9(8)12/h3-6H,2,7H2,1H3. The van der Waals surface area contributed by atoms with Gasteiger partial charge in [-0.25, -0.2) is 13.2 Å². The normalized spacial score (nSPS) is 11.2. The summed E-state index contributed by atoms with van der Waals surface area (Å²) in [6.07, 6.45) is -1.15. The van der Waals surface area contributed by atoms with Crippen molar-refractivity contribution in [2.45, 2.75) is 19.3 Å². The second-order valence-corrected chi connectivity index (χ2v) is 3.17. The van der Waals surface area contributed by atoms with Crippen molar-refractivity contribution in [3.05, 3.63) is 35.6 Å². The summed E-state index contributed by atoms with van der Waals surface area (Å²) < 4.78 is 44.4. The lowest BCUT2D eigenvalue weighted by Crippen LogP contribution is -2.21. The zero-order valence-corrected chi connectivity index (χ0v) is 8.67. The number of benzene rings is 1. The van der Waals surface area contributed by atoms with Gasteiger partial charge in [-0.05, 0) is 13.0 Å². The first-order chi connectivity index (χ1) is 7.47. The summed E-state index contributed by atoms with van der Waals surface area (Å²) in [7, 11) is 0. The number of rotatable bonds is 4. The molecule has 5 heteroatoms. The lowest BCUT2D eigenvalue weighted by Gasteiger charge is -2.16. The molecule has 0 bridgehead atoms. The Bertz CT molecular complexity index is 377. The van der Waals surface area contributed by atoms with Crippen LogP contribution in [-0.2, 0) is 15.5 Å². The molecule has 0 spiro atoms. The number of hydrogen-bond donors (Lipinski definition) is 0. The zero-order chi connectivity index (χ0) is 12.2. The summed E-state index contributed by atoms with van der Waals surface area (Å²) in [4.78, 5) is 10.9. The topological polar surface area (TPSA) is 26.3 Å². The molecule has 0 N–H and O–H groups in total. The first-order valence-electron chi connectivity index (χ1n) is 4.76. The van der Waals surface area contributed by atoms with Crippen molar-refractivity contribution in [3.63, 3.8) is 0 Å². The number of hydrogen-bond acceptors (Lipinski definition) is 2. The molecule has 0 atom stereocenters. The van der Waals surface area contributed by atoms with Gasteiger partial charge in [0.2, 0.25) is 0 Å². The third-order valence-electron chi connectivity index (χ3n) is 1.94. The molecule has 1 rings (SSSR count). The number of halogens is 3. The molecular weight excluding hydrogens is 221 g/mol. The number of alkyl halides is 2. The van der Waals surface area contributed by atoms with Crippen LogP contribution in [0, 0.1) is 5.82 Å². The van der Waals surface area contributed by atoms with Crippen LogP contribution in [0.3, 0.4) is 0 Å². The van der Waals surface area contributed by atoms with Crippen LogP contribution in [-0.4, -0.2) is 12.6 Å². The second-order valence-electron chi connectivity index (χ2n) is 3.17. The van der Waals surface area contributed by atoms with Crippen LogP contribution in [0.4, 0.5) is 13.2 Å². The fourth-order valence-corrected chi connectivity index (χ4v) is 1.25. The Morgan fingerprint density at radius 3 is 2.56 bits per heavy atom. The number of carbonyl (C=O) groups excluding carboxylic acids is 1. The smallest absolute Gasteiger partial charge is 0.312 e. The van der Waals surface area contributed by atoms with E-state index in [1.165, 1.54) is 19.1 Å². The maximum Gasteiger partial charge on any atom is 0.312 e. The van der Waals surface area contributed by atoms with E-state index in [1.54, 1.807) is 0 Å². The van der Waals surface area contributed by atoms with Gasteiger partial charge in [0.15, 0.2) is 0 Å². The molecular formula is C11H11F3O2. The van der Waals surface area contributed by atoms with Gasteiger partial charge in [0, 0.05) is 0 Å². The monoisotopic (exact) mass is 232 g/mol. The minimum absolute atomic E-state index is 0.0200. The molecule has 2 nitrogen and oxygen atoms in total. The molecule has 0 fully saturated rings. The second kappa shape index (κ2) is 5.01. The molecule has 0 radical (unpaired) electrons. The predicted molar refractivity (Wildman–Crippen MR) is 51.5 cm³/mol. The molecule has 0 amide bonds. The van der Waals surface area contributed by atoms with E-state index in [-0.39, 0.29) is 6.61 Å². The molecule has 0 aromatic heterocycles. The van der Waals surface area contributed by atoms with Crippen molar-refractivity contribution in [3.8, 4) is 0 Å². The third-order valence-corrected chi connectivity index (χ3v) is 1.94. The van der Waals surface area contributed by atoms with Crippen molar-refractivity contribution < 1.29 is 22.7 Å². The Kier molecular flexibility index (Phi) is 3.93. The van der Waals surface area contributed by atoms with Gasteiger partial charge in [-0.3, -0.25) is 4.79 Å². The Morgan fingerprint density at radius 2 is 2.00 bits per heavy atom. The van der Waals surface area contributed by atoms with Gasteiger partial charge < -0.3 is 4.74 Å². The van der Waals surface area contributed by atoms with Gasteiger partial charge in [0.1, 0.15) is 12.2 Å². The SMILES string of the molecule is CCOC(=O)CC(F)(F)c1ccccc1F. The Labute approximate surface area is 91.0 Å². The van der Waals surface area contributed by atoms with Crippen LogP contribution in [0.25, 0.3) is 0 Å². The first-order valence-corrected chi connectivity index (χ1v) is 4.76. The number of carbonyl (C=O) groups is 1. The Hall–Kier alpha value is -1.52. The minimum Gasteiger partial charge on any atom is -0.466 e. The minimum atomic E-state index is -3.54. The Balaban J connectivity index is 2.85. The highest BCUT2D eigenvalue weighted by molar-refractivity contribution is 5.70. The van der Waals surface area contributed by atoms with Gasteiger partial charge in [-0.1, -0.05) is 18.2 Å². The van der Waals surface area contributed by atoms with Crippen LogP contribution in [0.15, 0.2) is 24.3 Å². The molecule has 1 aromatic rings. The van der Waals surface area contributed by atoms with Crippen LogP contribution in [0.2, 0.25) is 0 Å². The van der Waals surface area contributed by atoms with Crippen LogP contribution >= 0.6 is 0 Å². The quantitative estimate of drug-likeness (QED) is 0.746. The van der Waals surface area contributed by atoms with Gasteiger partial charge in [0.25, 0.3) is 5.92 Å². The fourth-order valence-electron chi connectivity index (χ4n) is 1.25. The van der Waals surface area contributed by atoms with Gasteiger partial charge in [0.05, 0.1) is 12.2 Å². The summed E-state index contributed by atoms with van der Waals surface area (Å²) >= 11 is 0. The van der Waals surface area contributed by atoms with Crippen LogP contribution in [0.5, 0.6) is 0 Å². The predicted octanol–water partition coefficient (Wildman–Crippen LogP) is 2.87. The van der Waals surface area contributed by atoms with E-state index in [4.69, 9.17) is 0 Å². The Morgan fingerprint density at radius 1 is 1.38 bits per heavy atom. The van der Waals surface area contributed by atoms with Crippen molar-refractivity contribution in [2.75, 3.05) is 6.61 Å². The van der Waals surface area contributed by atoms with Crippen LogP contribution in [0.1, 0.15) is 18.9 Å². The van der Waals surface area contributed by atoms with Crippen LogP contribution < -0.4 is 0 Å². The summed E-state index contributed by atoms with van der Waals surface area (Å²) in [5.41, 5.74) is -0.789. The van der Waals surface area contributed by atoms with E-state index < -0.39 is 29.7 Å². The zero-order valence-electron chi connectivity index (χ0n) is 8.67. The highest BCUT2D eigenvalue weighted by Gasteiger charge is 2.37. The molecule has 0 aliphatic rings. The van der Waals surface area contributed by atoms with Gasteiger partial charge in [-0.15, -0.1) is 0 Å². The maximum absolute atomic E-state index is 13.4. The van der Waals surface area contributed by atoms with Gasteiger partial charge >= 0.3 is 5.97 Å². The summed E-state index contributed by atoms with van der Waals surface area (Å²) in [6, 6.07) is 4.47. The van der Waals surface area contributed by atoms with E-state index in [2.05, 4.69) is 4.74 Å². The number of ether oxygens (including phenoxy) is 1. The third kappa shape index (κ3) is 2.98. The molecule has 88 valence electrons. The van der Waals surface area contributed by atoms with E-state index in [0.717, 1.165) is 12.1 Å². The van der Waals surface area contributed by atoms with E-state index in [1.807, 2.05) is 0 Å². The molecule has 0 saturated carbocycles. The van der Waals surface area contributed by atoms with E-state index in [0.29, 0.717) is 0 Å². The highest BCUT2D eigenvalue weighted by atomic mass is 19.3. The molecule has 0 saturated heterocycles. The van der Waals surface area contributed by atoms with Crippen molar-refractivity contribution in [2.24, 2.45) is 0 Å². The molecule has 1 aromatic carbocycles. The molecule has 16 heavy (non-hydrogen) atoms. The molecule has 0 aliphatic carbocycles. The molecule has 0 heterocycles. The first kappa shape index (κ1) is 12.5. The van der Waals surface area contributed by atoms with E-state index in [9.17, 15) is 18.0 Å². The molecule has 0 aliphatic heterocycles. The lowest BCUT2D eigenvalue weighted by atomic mass is 10.1. The molecule has 0 unspecified atom stereocenters. The summed E-state index contributed by atoms with van der Waals surface area (Å²) in [5.74, 6) is -5.62.